The van der Waals surface area contributed by atoms with Gasteiger partial charge in [0.25, 0.3) is 5.91 Å². The zero-order valence-electron chi connectivity index (χ0n) is 20.8. The van der Waals surface area contributed by atoms with Crippen molar-refractivity contribution < 1.29 is 28.2 Å². The lowest BCUT2D eigenvalue weighted by molar-refractivity contribution is -0.125. The Morgan fingerprint density at radius 1 is 0.973 bits per heavy atom. The van der Waals surface area contributed by atoms with E-state index in [1.54, 1.807) is 53.4 Å². The summed E-state index contributed by atoms with van der Waals surface area (Å²) in [5, 5.41) is 3.40. The number of benzene rings is 3. The van der Waals surface area contributed by atoms with Crippen LogP contribution in [0.1, 0.15) is 27.4 Å². The van der Waals surface area contributed by atoms with Gasteiger partial charge in [-0.1, -0.05) is 29.8 Å². The molecule has 37 heavy (non-hydrogen) atoms. The first-order valence-corrected chi connectivity index (χ1v) is 12.1. The molecule has 4 rings (SSSR count). The minimum Gasteiger partial charge on any atom is -0.493 e. The van der Waals surface area contributed by atoms with E-state index in [4.69, 9.17) is 25.8 Å². The van der Waals surface area contributed by atoms with Crippen LogP contribution in [0.5, 0.6) is 17.2 Å². The first-order chi connectivity index (χ1) is 17.8. The van der Waals surface area contributed by atoms with Crippen molar-refractivity contribution in [3.05, 3.63) is 88.2 Å². The summed E-state index contributed by atoms with van der Waals surface area (Å²) in [7, 11) is 4.57. The Balaban J connectivity index is 1.65. The third-order valence-corrected chi connectivity index (χ3v) is 6.75. The standard InChI is InChI=1S/C28H28ClFN2O5/c1-35-24-12-19(13-25(36-2)26(24)37-3)22-15-32(28(34)18-5-4-6-20(29)11-18)16-23(22)27(33)31-14-17-7-9-21(30)10-8-17/h4-13,22-23H,14-16H2,1-3H3,(H,31,33)/t22-,23-/m1/s1. The Morgan fingerprint density at radius 3 is 2.24 bits per heavy atom. The Labute approximate surface area is 220 Å². The average molecular weight is 527 g/mol. The van der Waals surface area contributed by atoms with Gasteiger partial charge in [-0.3, -0.25) is 9.59 Å². The highest BCUT2D eigenvalue weighted by atomic mass is 35.5. The smallest absolute Gasteiger partial charge is 0.253 e. The third kappa shape index (κ3) is 5.80. The van der Waals surface area contributed by atoms with Gasteiger partial charge in [0, 0.05) is 36.1 Å². The Morgan fingerprint density at radius 2 is 1.65 bits per heavy atom. The van der Waals surface area contributed by atoms with Gasteiger partial charge < -0.3 is 24.4 Å². The molecule has 0 aromatic heterocycles. The Bertz CT molecular complexity index is 1260. The minimum absolute atomic E-state index is 0.210. The van der Waals surface area contributed by atoms with Crippen molar-refractivity contribution in [1.29, 1.82) is 0 Å². The van der Waals surface area contributed by atoms with Crippen LogP contribution in [-0.4, -0.2) is 51.1 Å². The molecule has 1 N–H and O–H groups in total. The molecule has 3 aromatic carbocycles. The predicted octanol–water partition coefficient (Wildman–Crippen LogP) is 4.68. The average Bonchev–Trinajstić information content (AvgIpc) is 3.37. The summed E-state index contributed by atoms with van der Waals surface area (Å²) in [6, 6.07) is 16.3. The van der Waals surface area contributed by atoms with E-state index >= 15 is 0 Å². The molecule has 9 heteroatoms. The number of hydrogen-bond acceptors (Lipinski definition) is 5. The predicted molar refractivity (Wildman–Crippen MR) is 138 cm³/mol. The highest BCUT2D eigenvalue weighted by Gasteiger charge is 2.41. The van der Waals surface area contributed by atoms with E-state index in [0.29, 0.717) is 34.4 Å². The van der Waals surface area contributed by atoms with Gasteiger partial charge in [0.1, 0.15) is 5.82 Å². The summed E-state index contributed by atoms with van der Waals surface area (Å²) in [5.74, 6) is -0.307. The number of nitrogens with one attached hydrogen (secondary N) is 1. The monoisotopic (exact) mass is 526 g/mol. The van der Waals surface area contributed by atoms with E-state index < -0.39 is 5.92 Å². The van der Waals surface area contributed by atoms with Crippen molar-refractivity contribution in [3.63, 3.8) is 0 Å². The van der Waals surface area contributed by atoms with Gasteiger partial charge in [0.05, 0.1) is 27.2 Å². The fourth-order valence-corrected chi connectivity index (χ4v) is 4.81. The second-order valence-electron chi connectivity index (χ2n) is 8.74. The lowest BCUT2D eigenvalue weighted by Crippen LogP contribution is -2.35. The van der Waals surface area contributed by atoms with Crippen LogP contribution in [-0.2, 0) is 11.3 Å². The summed E-state index contributed by atoms with van der Waals surface area (Å²) in [5.41, 5.74) is 1.99. The summed E-state index contributed by atoms with van der Waals surface area (Å²) in [4.78, 5) is 28.4. The molecule has 194 valence electrons. The summed E-state index contributed by atoms with van der Waals surface area (Å²) in [6.07, 6.45) is 0. The molecule has 1 aliphatic rings. The molecule has 1 heterocycles. The number of halogens is 2. The van der Waals surface area contributed by atoms with Gasteiger partial charge in [-0.05, 0) is 53.6 Å². The van der Waals surface area contributed by atoms with E-state index in [2.05, 4.69) is 5.32 Å². The third-order valence-electron chi connectivity index (χ3n) is 6.51. The van der Waals surface area contributed by atoms with Gasteiger partial charge in [-0.2, -0.15) is 0 Å². The van der Waals surface area contributed by atoms with Gasteiger partial charge in [-0.15, -0.1) is 0 Å². The van der Waals surface area contributed by atoms with Crippen LogP contribution in [0.2, 0.25) is 5.02 Å². The molecule has 1 fully saturated rings. The quantitative estimate of drug-likeness (QED) is 0.461. The van der Waals surface area contributed by atoms with Crippen molar-refractivity contribution >= 4 is 23.4 Å². The molecule has 0 radical (unpaired) electrons. The van der Waals surface area contributed by atoms with Crippen molar-refractivity contribution in [2.24, 2.45) is 5.92 Å². The number of nitrogens with zero attached hydrogens (tertiary/aromatic N) is 1. The molecule has 0 saturated carbocycles. The number of carbonyl (C=O) groups excluding carboxylic acids is 2. The summed E-state index contributed by atoms with van der Waals surface area (Å²) >= 11 is 6.11. The fourth-order valence-electron chi connectivity index (χ4n) is 4.62. The topological polar surface area (TPSA) is 77.1 Å². The molecule has 2 atom stereocenters. The van der Waals surface area contributed by atoms with Crippen LogP contribution in [0.3, 0.4) is 0 Å². The second-order valence-corrected chi connectivity index (χ2v) is 9.17. The molecule has 0 unspecified atom stereocenters. The van der Waals surface area contributed by atoms with Crippen LogP contribution in [0.15, 0.2) is 60.7 Å². The van der Waals surface area contributed by atoms with E-state index in [1.165, 1.54) is 33.5 Å². The normalized spacial score (nSPS) is 16.8. The Kier molecular flexibility index (Phi) is 8.18. The number of hydrogen-bond donors (Lipinski definition) is 1. The molecule has 0 spiro atoms. The van der Waals surface area contributed by atoms with Crippen molar-refractivity contribution in [3.8, 4) is 17.2 Å². The van der Waals surface area contributed by atoms with Crippen molar-refractivity contribution in [2.45, 2.75) is 12.5 Å². The number of methoxy groups -OCH3 is 3. The largest absolute Gasteiger partial charge is 0.493 e. The molecular formula is C28H28ClFN2O5. The minimum atomic E-state index is -0.550. The van der Waals surface area contributed by atoms with Gasteiger partial charge in [0.15, 0.2) is 11.5 Å². The summed E-state index contributed by atoms with van der Waals surface area (Å²) < 4.78 is 29.7. The highest BCUT2D eigenvalue weighted by molar-refractivity contribution is 6.31. The maximum Gasteiger partial charge on any atom is 0.253 e. The molecule has 1 aliphatic heterocycles. The molecule has 1 saturated heterocycles. The SMILES string of the molecule is COc1cc([C@H]2CN(C(=O)c3cccc(Cl)c3)C[C@H]2C(=O)NCc2ccc(F)cc2)cc(OC)c1OC. The van der Waals surface area contributed by atoms with Crippen LogP contribution in [0, 0.1) is 11.7 Å². The highest BCUT2D eigenvalue weighted by Crippen LogP contribution is 2.43. The first kappa shape index (κ1) is 26.3. The molecule has 7 nitrogen and oxygen atoms in total. The molecule has 3 aromatic rings. The van der Waals surface area contributed by atoms with Gasteiger partial charge in [-0.25, -0.2) is 4.39 Å². The zero-order valence-corrected chi connectivity index (χ0v) is 21.5. The maximum absolute atomic E-state index is 13.4. The number of rotatable bonds is 8. The fraction of sp³-hybridized carbons (Fsp3) is 0.286. The first-order valence-electron chi connectivity index (χ1n) is 11.7. The van der Waals surface area contributed by atoms with Crippen LogP contribution < -0.4 is 19.5 Å². The molecule has 0 bridgehead atoms. The van der Waals surface area contributed by atoms with Crippen molar-refractivity contribution in [2.75, 3.05) is 34.4 Å². The van der Waals surface area contributed by atoms with E-state index in [9.17, 15) is 14.0 Å². The zero-order chi connectivity index (χ0) is 26.5. The van der Waals surface area contributed by atoms with Crippen molar-refractivity contribution in [1.82, 2.24) is 10.2 Å². The number of likely N-dealkylation sites (tertiary alicyclic amines) is 1. The lowest BCUT2D eigenvalue weighted by Gasteiger charge is -2.21. The van der Waals surface area contributed by atoms with Crippen LogP contribution >= 0.6 is 11.6 Å². The summed E-state index contributed by atoms with van der Waals surface area (Å²) in [6.45, 7) is 0.750. The molecule has 2 amide bonds. The number of amides is 2. The number of ether oxygens (including phenoxy) is 3. The lowest BCUT2D eigenvalue weighted by atomic mass is 9.87. The maximum atomic E-state index is 13.4. The molecule has 0 aliphatic carbocycles. The van der Waals surface area contributed by atoms with E-state index in [1.807, 2.05) is 0 Å². The van der Waals surface area contributed by atoms with E-state index in [-0.39, 0.29) is 36.6 Å². The van der Waals surface area contributed by atoms with Gasteiger partial charge in [0.2, 0.25) is 11.7 Å². The van der Waals surface area contributed by atoms with Crippen LogP contribution in [0.25, 0.3) is 0 Å². The molecular weight excluding hydrogens is 499 g/mol. The van der Waals surface area contributed by atoms with Gasteiger partial charge >= 0.3 is 0 Å². The van der Waals surface area contributed by atoms with E-state index in [0.717, 1.165) is 11.1 Å². The second kappa shape index (κ2) is 11.5. The Hall–Kier alpha value is -3.78. The van der Waals surface area contributed by atoms with Crippen LogP contribution in [0.4, 0.5) is 4.39 Å². The number of carbonyl (C=O) groups is 2.